The number of benzene rings is 1. The fraction of sp³-hybridized carbons (Fsp3) is 0.600. The maximum Gasteiger partial charge on any atom is 0.165 e. The summed E-state index contributed by atoms with van der Waals surface area (Å²) in [7, 11) is 2.23. The monoisotopic (exact) mass is 249 g/mol. The van der Waals surface area contributed by atoms with Gasteiger partial charge in [-0.25, -0.2) is 4.39 Å². The topological polar surface area (TPSA) is 12.5 Å². The van der Waals surface area contributed by atoms with Gasteiger partial charge in [-0.05, 0) is 50.8 Å². The SMILES string of the molecule is CN1[C@@H]2CC[C@H]1CC(COc1ccccc1F)C2. The van der Waals surface area contributed by atoms with Crippen molar-refractivity contribution in [1.82, 2.24) is 4.90 Å². The van der Waals surface area contributed by atoms with E-state index in [1.54, 1.807) is 12.1 Å². The first-order valence-corrected chi connectivity index (χ1v) is 6.83. The number of para-hydroxylation sites is 1. The average molecular weight is 249 g/mol. The first kappa shape index (κ1) is 12.0. The van der Waals surface area contributed by atoms with Crippen molar-refractivity contribution in [2.24, 2.45) is 5.92 Å². The summed E-state index contributed by atoms with van der Waals surface area (Å²) in [5, 5.41) is 0. The minimum absolute atomic E-state index is 0.256. The third kappa shape index (κ3) is 2.24. The molecule has 0 radical (unpaired) electrons. The van der Waals surface area contributed by atoms with E-state index in [0.29, 0.717) is 18.3 Å². The smallest absolute Gasteiger partial charge is 0.165 e. The number of nitrogens with zero attached hydrogens (tertiary/aromatic N) is 1. The van der Waals surface area contributed by atoms with Gasteiger partial charge in [0.25, 0.3) is 0 Å². The summed E-state index contributed by atoms with van der Waals surface area (Å²) < 4.78 is 19.1. The number of rotatable bonds is 3. The van der Waals surface area contributed by atoms with Gasteiger partial charge in [-0.15, -0.1) is 0 Å². The van der Waals surface area contributed by atoms with E-state index in [9.17, 15) is 4.39 Å². The molecule has 3 rings (SSSR count). The Morgan fingerprint density at radius 3 is 2.56 bits per heavy atom. The van der Waals surface area contributed by atoms with E-state index in [1.807, 2.05) is 6.07 Å². The van der Waals surface area contributed by atoms with Crippen LogP contribution in [0.15, 0.2) is 24.3 Å². The van der Waals surface area contributed by atoms with Gasteiger partial charge in [0.1, 0.15) is 0 Å². The summed E-state index contributed by atoms with van der Waals surface area (Å²) in [4.78, 5) is 2.51. The third-order valence-electron chi connectivity index (χ3n) is 4.51. The van der Waals surface area contributed by atoms with Crippen LogP contribution < -0.4 is 4.74 Å². The molecule has 0 aliphatic carbocycles. The van der Waals surface area contributed by atoms with Crippen LogP contribution in [0.25, 0.3) is 0 Å². The highest BCUT2D eigenvalue weighted by molar-refractivity contribution is 5.23. The summed E-state index contributed by atoms with van der Waals surface area (Å²) in [5.41, 5.74) is 0. The largest absolute Gasteiger partial charge is 0.490 e. The number of ether oxygens (including phenoxy) is 1. The lowest BCUT2D eigenvalue weighted by Crippen LogP contribution is -2.41. The molecule has 0 N–H and O–H groups in total. The van der Waals surface area contributed by atoms with E-state index in [2.05, 4.69) is 11.9 Å². The van der Waals surface area contributed by atoms with E-state index in [0.717, 1.165) is 12.1 Å². The second-order valence-corrected chi connectivity index (χ2v) is 5.63. The lowest BCUT2D eigenvalue weighted by atomic mass is 9.92. The van der Waals surface area contributed by atoms with Crippen molar-refractivity contribution in [3.05, 3.63) is 30.1 Å². The zero-order chi connectivity index (χ0) is 12.5. The van der Waals surface area contributed by atoms with Gasteiger partial charge in [0, 0.05) is 12.1 Å². The van der Waals surface area contributed by atoms with Gasteiger partial charge in [0.15, 0.2) is 11.6 Å². The van der Waals surface area contributed by atoms with Crippen LogP contribution in [-0.2, 0) is 0 Å². The van der Waals surface area contributed by atoms with Crippen molar-refractivity contribution in [1.29, 1.82) is 0 Å². The average Bonchev–Trinajstić information content (AvgIpc) is 2.62. The highest BCUT2D eigenvalue weighted by Gasteiger charge is 2.38. The molecule has 1 aromatic carbocycles. The molecule has 0 amide bonds. The zero-order valence-corrected chi connectivity index (χ0v) is 10.8. The Morgan fingerprint density at radius 2 is 1.89 bits per heavy atom. The van der Waals surface area contributed by atoms with Crippen LogP contribution in [0.4, 0.5) is 4.39 Å². The Kier molecular flexibility index (Phi) is 3.25. The Bertz CT molecular complexity index is 409. The predicted octanol–water partition coefficient (Wildman–Crippen LogP) is 3.08. The molecule has 2 saturated heterocycles. The van der Waals surface area contributed by atoms with Gasteiger partial charge < -0.3 is 9.64 Å². The molecule has 0 saturated carbocycles. The van der Waals surface area contributed by atoms with Crippen LogP contribution in [0.1, 0.15) is 25.7 Å². The molecule has 2 aliphatic rings. The predicted molar refractivity (Wildman–Crippen MR) is 69.2 cm³/mol. The first-order chi connectivity index (χ1) is 8.74. The summed E-state index contributed by atoms with van der Waals surface area (Å²) in [6.45, 7) is 0.655. The van der Waals surface area contributed by atoms with Crippen LogP contribution in [0.3, 0.4) is 0 Å². The van der Waals surface area contributed by atoms with Crippen LogP contribution in [0, 0.1) is 11.7 Å². The normalized spacial score (nSPS) is 31.6. The number of hydrogen-bond donors (Lipinski definition) is 0. The second-order valence-electron chi connectivity index (χ2n) is 5.63. The van der Waals surface area contributed by atoms with Crippen molar-refractivity contribution in [2.45, 2.75) is 37.8 Å². The van der Waals surface area contributed by atoms with Crippen molar-refractivity contribution >= 4 is 0 Å². The molecule has 2 heterocycles. The number of halogens is 1. The van der Waals surface area contributed by atoms with E-state index in [1.165, 1.54) is 31.7 Å². The van der Waals surface area contributed by atoms with Crippen molar-refractivity contribution in [3.63, 3.8) is 0 Å². The minimum Gasteiger partial charge on any atom is -0.490 e. The molecule has 0 aromatic heterocycles. The van der Waals surface area contributed by atoms with Gasteiger partial charge >= 0.3 is 0 Å². The molecule has 3 atom stereocenters. The molecular weight excluding hydrogens is 229 g/mol. The molecule has 2 nitrogen and oxygen atoms in total. The van der Waals surface area contributed by atoms with Crippen LogP contribution in [-0.4, -0.2) is 30.6 Å². The van der Waals surface area contributed by atoms with Crippen molar-refractivity contribution in [2.75, 3.05) is 13.7 Å². The third-order valence-corrected chi connectivity index (χ3v) is 4.51. The molecule has 2 bridgehead atoms. The fourth-order valence-electron chi connectivity index (χ4n) is 3.43. The van der Waals surface area contributed by atoms with Gasteiger partial charge in [0.05, 0.1) is 6.61 Å². The Balaban J connectivity index is 1.57. The first-order valence-electron chi connectivity index (χ1n) is 6.83. The fourth-order valence-corrected chi connectivity index (χ4v) is 3.43. The molecule has 1 aromatic rings. The van der Waals surface area contributed by atoms with E-state index in [4.69, 9.17) is 4.74 Å². The van der Waals surface area contributed by atoms with Crippen LogP contribution >= 0.6 is 0 Å². The van der Waals surface area contributed by atoms with E-state index in [-0.39, 0.29) is 5.82 Å². The maximum atomic E-state index is 13.4. The van der Waals surface area contributed by atoms with Crippen molar-refractivity contribution < 1.29 is 9.13 Å². The van der Waals surface area contributed by atoms with Crippen LogP contribution in [0.5, 0.6) is 5.75 Å². The lowest BCUT2D eigenvalue weighted by Gasteiger charge is -2.36. The number of fused-ring (bicyclic) bond motifs is 2. The lowest BCUT2D eigenvalue weighted by molar-refractivity contribution is 0.101. The zero-order valence-electron chi connectivity index (χ0n) is 10.8. The Hall–Kier alpha value is -1.09. The van der Waals surface area contributed by atoms with E-state index < -0.39 is 0 Å². The highest BCUT2D eigenvalue weighted by atomic mass is 19.1. The molecule has 2 aliphatic heterocycles. The molecule has 1 unspecified atom stereocenters. The molecule has 98 valence electrons. The molecule has 2 fully saturated rings. The molecule has 18 heavy (non-hydrogen) atoms. The summed E-state index contributed by atoms with van der Waals surface area (Å²) in [6.07, 6.45) is 5.03. The maximum absolute atomic E-state index is 13.4. The van der Waals surface area contributed by atoms with Gasteiger partial charge in [-0.3, -0.25) is 0 Å². The number of hydrogen-bond acceptors (Lipinski definition) is 2. The summed E-state index contributed by atoms with van der Waals surface area (Å²) in [5.74, 6) is 0.718. The van der Waals surface area contributed by atoms with Gasteiger partial charge in [-0.1, -0.05) is 12.1 Å². The minimum atomic E-state index is -0.256. The number of piperidine rings is 1. The van der Waals surface area contributed by atoms with Gasteiger partial charge in [-0.2, -0.15) is 0 Å². The Morgan fingerprint density at radius 1 is 1.22 bits per heavy atom. The molecule has 0 spiro atoms. The standard InChI is InChI=1S/C15H20FNO/c1-17-12-6-7-13(17)9-11(8-12)10-18-15-5-3-2-4-14(15)16/h2-5,11-13H,6-10H2,1H3/t11?,12-,13+. The van der Waals surface area contributed by atoms with Crippen molar-refractivity contribution in [3.8, 4) is 5.75 Å². The van der Waals surface area contributed by atoms with Gasteiger partial charge in [0.2, 0.25) is 0 Å². The second kappa shape index (κ2) is 4.88. The highest BCUT2D eigenvalue weighted by Crippen LogP contribution is 2.37. The summed E-state index contributed by atoms with van der Waals surface area (Å²) in [6, 6.07) is 8.11. The quantitative estimate of drug-likeness (QED) is 0.816. The van der Waals surface area contributed by atoms with Crippen LogP contribution in [0.2, 0.25) is 0 Å². The Labute approximate surface area is 108 Å². The van der Waals surface area contributed by atoms with E-state index >= 15 is 0 Å². The summed E-state index contributed by atoms with van der Waals surface area (Å²) >= 11 is 0. The molecule has 3 heteroatoms. The molecular formula is C15H20FNO.